The molecule has 23 heavy (non-hydrogen) atoms. The van der Waals surface area contributed by atoms with Crippen LogP contribution in [-0.2, 0) is 11.2 Å². The van der Waals surface area contributed by atoms with Crippen LogP contribution in [0.25, 0.3) is 11.1 Å². The quantitative estimate of drug-likeness (QED) is 0.797. The number of nitrogen functional groups attached to an aromatic ring is 1. The summed E-state index contributed by atoms with van der Waals surface area (Å²) in [6.45, 7) is 7.58. The first-order valence-electron chi connectivity index (χ1n) is 7.77. The molecule has 2 aromatic carbocycles. The molecule has 0 radical (unpaired) electrons. The monoisotopic (exact) mass is 312 g/mol. The molecule has 0 saturated heterocycles. The zero-order valence-corrected chi connectivity index (χ0v) is 14.1. The Morgan fingerprint density at radius 2 is 1.70 bits per heavy atom. The number of nitrogens with two attached hydrogens (primary N) is 1. The molecule has 4 heteroatoms. The third-order valence-electron chi connectivity index (χ3n) is 3.38. The van der Waals surface area contributed by atoms with Crippen LogP contribution in [0.1, 0.15) is 33.3 Å². The summed E-state index contributed by atoms with van der Waals surface area (Å²) in [7, 11) is 0. The van der Waals surface area contributed by atoms with Gasteiger partial charge in [-0.3, -0.25) is 5.32 Å². The number of hydrogen-bond donors (Lipinski definition) is 2. The van der Waals surface area contributed by atoms with E-state index >= 15 is 0 Å². The maximum atomic E-state index is 11.8. The lowest BCUT2D eigenvalue weighted by Crippen LogP contribution is -2.27. The lowest BCUT2D eigenvalue weighted by atomic mass is 10.0. The average Bonchev–Trinajstić information content (AvgIpc) is 2.47. The zero-order chi connectivity index (χ0) is 17.0. The van der Waals surface area contributed by atoms with Gasteiger partial charge in [-0.1, -0.05) is 37.3 Å². The van der Waals surface area contributed by atoms with Crippen molar-refractivity contribution in [3.8, 4) is 11.1 Å². The number of hydrogen-bond acceptors (Lipinski definition) is 3. The number of carbonyl (C=O) groups is 1. The molecule has 0 atom stereocenters. The molecule has 0 saturated carbocycles. The molecule has 2 rings (SSSR count). The van der Waals surface area contributed by atoms with Crippen LogP contribution < -0.4 is 11.1 Å². The topological polar surface area (TPSA) is 64.3 Å². The van der Waals surface area contributed by atoms with E-state index in [4.69, 9.17) is 10.5 Å². The van der Waals surface area contributed by atoms with Crippen LogP contribution in [0, 0.1) is 0 Å². The van der Waals surface area contributed by atoms with Crippen molar-refractivity contribution in [1.29, 1.82) is 0 Å². The van der Waals surface area contributed by atoms with E-state index < -0.39 is 11.7 Å². The number of anilines is 2. The number of rotatable bonds is 3. The van der Waals surface area contributed by atoms with Crippen LogP contribution in [0.3, 0.4) is 0 Å². The molecule has 1 amide bonds. The molecular weight excluding hydrogens is 288 g/mol. The van der Waals surface area contributed by atoms with Crippen molar-refractivity contribution >= 4 is 17.5 Å². The van der Waals surface area contributed by atoms with Gasteiger partial charge in [0.25, 0.3) is 0 Å². The second-order valence-electron chi connectivity index (χ2n) is 6.48. The van der Waals surface area contributed by atoms with Gasteiger partial charge in [-0.15, -0.1) is 0 Å². The summed E-state index contributed by atoms with van der Waals surface area (Å²) in [6, 6.07) is 14.0. The fraction of sp³-hybridized carbons (Fsp3) is 0.316. The van der Waals surface area contributed by atoms with E-state index in [9.17, 15) is 4.79 Å². The van der Waals surface area contributed by atoms with Gasteiger partial charge in [-0.25, -0.2) is 4.79 Å². The minimum Gasteiger partial charge on any atom is -0.444 e. The van der Waals surface area contributed by atoms with Crippen molar-refractivity contribution in [1.82, 2.24) is 0 Å². The highest BCUT2D eigenvalue weighted by Gasteiger charge is 2.17. The normalized spacial score (nSPS) is 11.1. The van der Waals surface area contributed by atoms with E-state index in [2.05, 4.69) is 36.5 Å². The summed E-state index contributed by atoms with van der Waals surface area (Å²) < 4.78 is 5.23. The summed E-state index contributed by atoms with van der Waals surface area (Å²) in [5.74, 6) is 0. The SMILES string of the molecule is CCc1ccc(-c2ccc(NC(=O)OC(C)(C)C)c(N)c2)cc1. The Balaban J connectivity index is 2.15. The van der Waals surface area contributed by atoms with Crippen LogP contribution in [0.2, 0.25) is 0 Å². The molecule has 3 N–H and O–H groups in total. The molecule has 2 aromatic rings. The van der Waals surface area contributed by atoms with Gasteiger partial charge >= 0.3 is 6.09 Å². The van der Waals surface area contributed by atoms with Gasteiger partial charge in [0.15, 0.2) is 0 Å². The van der Waals surface area contributed by atoms with E-state index in [1.807, 2.05) is 32.9 Å². The van der Waals surface area contributed by atoms with E-state index in [0.717, 1.165) is 17.5 Å². The van der Waals surface area contributed by atoms with Gasteiger partial charge < -0.3 is 10.5 Å². The third kappa shape index (κ3) is 4.74. The molecule has 0 aliphatic rings. The van der Waals surface area contributed by atoms with Crippen molar-refractivity contribution in [3.63, 3.8) is 0 Å². The summed E-state index contributed by atoms with van der Waals surface area (Å²) in [5.41, 5.74) is 9.98. The molecule has 4 nitrogen and oxygen atoms in total. The minimum atomic E-state index is -0.542. The van der Waals surface area contributed by atoms with Crippen molar-refractivity contribution in [2.45, 2.75) is 39.7 Å². The number of amides is 1. The van der Waals surface area contributed by atoms with Gasteiger partial charge in [0.1, 0.15) is 5.60 Å². The number of nitrogens with one attached hydrogen (secondary N) is 1. The second kappa shape index (κ2) is 6.73. The van der Waals surface area contributed by atoms with Gasteiger partial charge in [0, 0.05) is 0 Å². The number of ether oxygens (including phenoxy) is 1. The Hall–Kier alpha value is -2.49. The predicted molar refractivity (Wildman–Crippen MR) is 95.5 cm³/mol. The zero-order valence-electron chi connectivity index (χ0n) is 14.1. The average molecular weight is 312 g/mol. The summed E-state index contributed by atoms with van der Waals surface area (Å²) in [4.78, 5) is 11.8. The van der Waals surface area contributed by atoms with Crippen molar-refractivity contribution in [2.75, 3.05) is 11.1 Å². The minimum absolute atomic E-state index is 0.507. The fourth-order valence-electron chi connectivity index (χ4n) is 2.20. The molecular formula is C19H24N2O2. The van der Waals surface area contributed by atoms with E-state index in [1.165, 1.54) is 5.56 Å². The lowest BCUT2D eigenvalue weighted by molar-refractivity contribution is 0.0636. The van der Waals surface area contributed by atoms with Gasteiger partial charge in [-0.05, 0) is 56.0 Å². The summed E-state index contributed by atoms with van der Waals surface area (Å²) in [6.07, 6.45) is 0.505. The Labute approximate surface area is 137 Å². The van der Waals surface area contributed by atoms with Crippen LogP contribution in [0.4, 0.5) is 16.2 Å². The van der Waals surface area contributed by atoms with Crippen LogP contribution in [0.5, 0.6) is 0 Å². The van der Waals surface area contributed by atoms with Crippen molar-refractivity contribution < 1.29 is 9.53 Å². The van der Waals surface area contributed by atoms with E-state index in [-0.39, 0.29) is 0 Å². The van der Waals surface area contributed by atoms with Crippen molar-refractivity contribution in [2.24, 2.45) is 0 Å². The molecule has 0 fully saturated rings. The lowest BCUT2D eigenvalue weighted by Gasteiger charge is -2.20. The first kappa shape index (κ1) is 16.9. The molecule has 0 aliphatic heterocycles. The number of aryl methyl sites for hydroxylation is 1. The highest BCUT2D eigenvalue weighted by Crippen LogP contribution is 2.27. The standard InChI is InChI=1S/C19H24N2O2/c1-5-13-6-8-14(9-7-13)15-10-11-17(16(20)12-15)21-18(22)23-19(2,3)4/h6-12H,5,20H2,1-4H3,(H,21,22). The molecule has 0 bridgehead atoms. The largest absolute Gasteiger partial charge is 0.444 e. The summed E-state index contributed by atoms with van der Waals surface area (Å²) in [5, 5.41) is 2.68. The maximum absolute atomic E-state index is 11.8. The fourth-order valence-corrected chi connectivity index (χ4v) is 2.20. The Kier molecular flexibility index (Phi) is 4.94. The Morgan fingerprint density at radius 3 is 2.22 bits per heavy atom. The number of benzene rings is 2. The maximum Gasteiger partial charge on any atom is 0.412 e. The van der Waals surface area contributed by atoms with Crippen LogP contribution in [-0.4, -0.2) is 11.7 Å². The Morgan fingerprint density at radius 1 is 1.09 bits per heavy atom. The predicted octanol–water partition coefficient (Wildman–Crippen LogP) is 4.85. The molecule has 0 heterocycles. The first-order valence-corrected chi connectivity index (χ1v) is 7.77. The molecule has 0 spiro atoms. The Bertz CT molecular complexity index is 686. The third-order valence-corrected chi connectivity index (χ3v) is 3.38. The molecule has 0 aliphatic carbocycles. The number of carbonyl (C=O) groups excluding carboxylic acids is 1. The summed E-state index contributed by atoms with van der Waals surface area (Å²) >= 11 is 0. The first-order chi connectivity index (χ1) is 10.8. The molecule has 0 unspecified atom stereocenters. The highest BCUT2D eigenvalue weighted by molar-refractivity contribution is 5.90. The molecule has 122 valence electrons. The highest BCUT2D eigenvalue weighted by atomic mass is 16.6. The van der Waals surface area contributed by atoms with Crippen molar-refractivity contribution in [3.05, 3.63) is 48.0 Å². The van der Waals surface area contributed by atoms with E-state index in [0.29, 0.717) is 11.4 Å². The van der Waals surface area contributed by atoms with Crippen LogP contribution in [0.15, 0.2) is 42.5 Å². The molecule has 0 aromatic heterocycles. The van der Waals surface area contributed by atoms with Gasteiger partial charge in [0.05, 0.1) is 11.4 Å². The van der Waals surface area contributed by atoms with Crippen LogP contribution >= 0.6 is 0 Å². The van der Waals surface area contributed by atoms with E-state index in [1.54, 1.807) is 6.07 Å². The smallest absolute Gasteiger partial charge is 0.412 e. The van der Waals surface area contributed by atoms with Gasteiger partial charge in [-0.2, -0.15) is 0 Å². The van der Waals surface area contributed by atoms with Gasteiger partial charge in [0.2, 0.25) is 0 Å². The second-order valence-corrected chi connectivity index (χ2v) is 6.48.